The van der Waals surface area contributed by atoms with E-state index in [4.69, 9.17) is 0 Å². The zero-order valence-electron chi connectivity index (χ0n) is 17.0. The molecule has 1 atom stereocenters. The lowest BCUT2D eigenvalue weighted by atomic mass is 9.96. The van der Waals surface area contributed by atoms with Crippen LogP contribution in [0.15, 0.2) is 60.7 Å². The first-order valence-electron chi connectivity index (χ1n) is 10.6. The number of carbonyl (C=O) groups is 2. The first kappa shape index (κ1) is 16.9. The van der Waals surface area contributed by atoms with Gasteiger partial charge >= 0.3 is 0 Å². The number of benzene rings is 3. The molecule has 0 saturated heterocycles. The maximum absolute atomic E-state index is 13.4. The molecule has 2 aliphatic rings. The summed E-state index contributed by atoms with van der Waals surface area (Å²) in [6, 6.07) is 16.5. The van der Waals surface area contributed by atoms with Crippen LogP contribution in [0.1, 0.15) is 39.6 Å². The molecular weight excluding hydrogens is 386 g/mol. The van der Waals surface area contributed by atoms with Gasteiger partial charge in [-0.25, -0.2) is 0 Å². The summed E-state index contributed by atoms with van der Waals surface area (Å²) >= 11 is 0. The molecule has 3 aromatic carbocycles. The Morgan fingerprint density at radius 1 is 0.903 bits per heavy atom. The SMILES string of the molecule is CN1C(=O)c2c(c3c4ccccc4n(C4C=CCC4)c3c3[nH]c4ccccc4c23)C1=O. The fourth-order valence-electron chi connectivity index (χ4n) is 5.62. The average molecular weight is 405 g/mol. The topological polar surface area (TPSA) is 58.1 Å². The highest BCUT2D eigenvalue weighted by Gasteiger charge is 2.39. The normalized spacial score (nSPS) is 18.5. The summed E-state index contributed by atoms with van der Waals surface area (Å²) < 4.78 is 2.36. The number of allylic oxidation sites excluding steroid dienone is 2. The predicted octanol–water partition coefficient (Wildman–Crippen LogP) is 5.55. The summed E-state index contributed by atoms with van der Waals surface area (Å²) in [4.78, 5) is 31.5. The van der Waals surface area contributed by atoms with Crippen molar-refractivity contribution in [2.75, 3.05) is 7.05 Å². The molecule has 0 radical (unpaired) electrons. The van der Waals surface area contributed by atoms with Crippen molar-refractivity contribution in [1.82, 2.24) is 14.5 Å². The van der Waals surface area contributed by atoms with Crippen molar-refractivity contribution in [1.29, 1.82) is 0 Å². The van der Waals surface area contributed by atoms with Crippen molar-refractivity contribution in [2.24, 2.45) is 0 Å². The molecule has 2 aromatic heterocycles. The number of hydrogen-bond acceptors (Lipinski definition) is 2. The van der Waals surface area contributed by atoms with Crippen LogP contribution in [-0.4, -0.2) is 33.3 Å². The number of hydrogen-bond donors (Lipinski definition) is 1. The lowest BCUT2D eigenvalue weighted by Crippen LogP contribution is -2.24. The van der Waals surface area contributed by atoms with Gasteiger partial charge in [-0.3, -0.25) is 14.5 Å². The summed E-state index contributed by atoms with van der Waals surface area (Å²) in [5, 5.41) is 3.73. The smallest absolute Gasteiger partial charge is 0.262 e. The first-order valence-corrected chi connectivity index (χ1v) is 10.6. The van der Waals surface area contributed by atoms with Gasteiger partial charge < -0.3 is 9.55 Å². The Morgan fingerprint density at radius 2 is 1.61 bits per heavy atom. The van der Waals surface area contributed by atoms with Crippen molar-refractivity contribution < 1.29 is 9.59 Å². The van der Waals surface area contributed by atoms with Crippen molar-refractivity contribution >= 4 is 55.4 Å². The Hall–Kier alpha value is -3.86. The van der Waals surface area contributed by atoms with E-state index in [2.05, 4.69) is 33.8 Å². The molecular formula is C26H19N3O2. The minimum atomic E-state index is -0.228. The maximum atomic E-state index is 13.4. The van der Waals surface area contributed by atoms with Crippen LogP contribution in [0.5, 0.6) is 0 Å². The molecule has 5 heteroatoms. The summed E-state index contributed by atoms with van der Waals surface area (Å²) in [7, 11) is 1.58. The third kappa shape index (κ3) is 1.92. The minimum Gasteiger partial charge on any atom is -0.353 e. The van der Waals surface area contributed by atoms with E-state index in [0.29, 0.717) is 11.1 Å². The number of nitrogens with one attached hydrogen (secondary N) is 1. The maximum Gasteiger partial charge on any atom is 0.262 e. The molecule has 1 aliphatic carbocycles. The summed E-state index contributed by atoms with van der Waals surface area (Å²) in [6.45, 7) is 0. The lowest BCUT2D eigenvalue weighted by Gasteiger charge is -2.15. The van der Waals surface area contributed by atoms with Gasteiger partial charge in [0, 0.05) is 39.6 Å². The molecule has 150 valence electrons. The third-order valence-electron chi connectivity index (χ3n) is 6.96. The number of carbonyl (C=O) groups excluding carboxylic acids is 2. The van der Waals surface area contributed by atoms with Crippen molar-refractivity contribution in [3.63, 3.8) is 0 Å². The minimum absolute atomic E-state index is 0.220. The van der Waals surface area contributed by atoms with Crippen LogP contribution in [0.4, 0.5) is 0 Å². The predicted molar refractivity (Wildman–Crippen MR) is 123 cm³/mol. The number of fused-ring (bicyclic) bond motifs is 10. The van der Waals surface area contributed by atoms with E-state index in [1.54, 1.807) is 7.05 Å². The summed E-state index contributed by atoms with van der Waals surface area (Å²) in [5.41, 5.74) is 5.08. The van der Waals surface area contributed by atoms with E-state index in [-0.39, 0.29) is 17.9 Å². The number of rotatable bonds is 1. The van der Waals surface area contributed by atoms with E-state index in [0.717, 1.165) is 56.5 Å². The molecule has 0 fully saturated rings. The molecule has 1 N–H and O–H groups in total. The summed E-state index contributed by atoms with van der Waals surface area (Å²) in [6.07, 6.45) is 6.55. The van der Waals surface area contributed by atoms with Crippen molar-refractivity contribution in [2.45, 2.75) is 18.9 Å². The van der Waals surface area contributed by atoms with E-state index in [1.807, 2.05) is 36.4 Å². The second-order valence-electron chi connectivity index (χ2n) is 8.52. The number of amides is 2. The molecule has 5 aromatic rings. The second kappa shape index (κ2) is 5.64. The monoisotopic (exact) mass is 405 g/mol. The Bertz CT molecular complexity index is 1650. The first-order chi connectivity index (χ1) is 15.2. The van der Waals surface area contributed by atoms with Gasteiger partial charge in [0.25, 0.3) is 11.8 Å². The van der Waals surface area contributed by atoms with Crippen LogP contribution in [0.2, 0.25) is 0 Å². The standard InChI is InChI=1S/C26H19N3O2/c1-28-25(30)21-19-15-10-4-6-12-17(15)27-23(19)24-20(22(21)26(28)31)16-11-5-7-13-18(16)29(24)14-8-2-3-9-14/h2,4-8,10-14,27H,3,9H2,1H3. The fourth-order valence-corrected chi connectivity index (χ4v) is 5.62. The Morgan fingerprint density at radius 3 is 2.39 bits per heavy atom. The van der Waals surface area contributed by atoms with Crippen LogP contribution in [0.3, 0.4) is 0 Å². The van der Waals surface area contributed by atoms with Crippen LogP contribution in [-0.2, 0) is 0 Å². The molecule has 2 amide bonds. The van der Waals surface area contributed by atoms with Crippen LogP contribution < -0.4 is 0 Å². The number of para-hydroxylation sites is 2. The van der Waals surface area contributed by atoms with Crippen LogP contribution in [0, 0.1) is 0 Å². The number of H-pyrrole nitrogens is 1. The zero-order valence-corrected chi connectivity index (χ0v) is 17.0. The van der Waals surface area contributed by atoms with Gasteiger partial charge in [-0.2, -0.15) is 0 Å². The van der Waals surface area contributed by atoms with Gasteiger partial charge in [-0.1, -0.05) is 48.6 Å². The van der Waals surface area contributed by atoms with E-state index in [9.17, 15) is 9.59 Å². The highest BCUT2D eigenvalue weighted by atomic mass is 16.2. The van der Waals surface area contributed by atoms with Gasteiger partial charge in [0.1, 0.15) is 0 Å². The highest BCUT2D eigenvalue weighted by molar-refractivity contribution is 6.39. The molecule has 7 rings (SSSR count). The van der Waals surface area contributed by atoms with E-state index < -0.39 is 0 Å². The molecule has 1 unspecified atom stereocenters. The molecule has 0 bridgehead atoms. The Kier molecular flexibility index (Phi) is 3.07. The lowest BCUT2D eigenvalue weighted by molar-refractivity contribution is 0.0694. The van der Waals surface area contributed by atoms with Crippen molar-refractivity contribution in [3.05, 3.63) is 71.8 Å². The van der Waals surface area contributed by atoms with Crippen LogP contribution >= 0.6 is 0 Å². The van der Waals surface area contributed by atoms with Gasteiger partial charge in [-0.15, -0.1) is 0 Å². The van der Waals surface area contributed by atoms with Crippen LogP contribution in [0.25, 0.3) is 43.6 Å². The van der Waals surface area contributed by atoms with Gasteiger partial charge in [-0.05, 0) is 25.0 Å². The number of imide groups is 1. The van der Waals surface area contributed by atoms with E-state index >= 15 is 0 Å². The molecule has 0 spiro atoms. The van der Waals surface area contributed by atoms with Gasteiger partial charge in [0.2, 0.25) is 0 Å². The quantitative estimate of drug-likeness (QED) is 0.294. The number of nitrogens with zero attached hydrogens (tertiary/aromatic N) is 2. The number of aromatic nitrogens is 2. The Labute approximate surface area is 177 Å². The largest absolute Gasteiger partial charge is 0.353 e. The van der Waals surface area contributed by atoms with Gasteiger partial charge in [0.05, 0.1) is 28.2 Å². The fraction of sp³-hybridized carbons (Fsp3) is 0.154. The molecule has 31 heavy (non-hydrogen) atoms. The summed E-state index contributed by atoms with van der Waals surface area (Å²) in [5.74, 6) is -0.448. The molecule has 3 heterocycles. The molecule has 5 nitrogen and oxygen atoms in total. The average Bonchev–Trinajstić information content (AvgIpc) is 3.55. The zero-order chi connectivity index (χ0) is 20.9. The highest BCUT2D eigenvalue weighted by Crippen LogP contribution is 2.46. The van der Waals surface area contributed by atoms with E-state index in [1.165, 1.54) is 4.90 Å². The molecule has 0 saturated carbocycles. The Balaban J connectivity index is 1.84. The number of aromatic amines is 1. The third-order valence-corrected chi connectivity index (χ3v) is 6.96. The van der Waals surface area contributed by atoms with Gasteiger partial charge in [0.15, 0.2) is 0 Å². The molecule has 1 aliphatic heterocycles. The van der Waals surface area contributed by atoms with Crippen molar-refractivity contribution in [3.8, 4) is 0 Å². The second-order valence-corrected chi connectivity index (χ2v) is 8.52.